The lowest BCUT2D eigenvalue weighted by Crippen LogP contribution is -2.30. The molecule has 0 aliphatic carbocycles. The first kappa shape index (κ1) is 14.1. The van der Waals surface area contributed by atoms with Gasteiger partial charge in [-0.2, -0.15) is 0 Å². The van der Waals surface area contributed by atoms with Crippen molar-refractivity contribution in [2.24, 2.45) is 0 Å². The summed E-state index contributed by atoms with van der Waals surface area (Å²) < 4.78 is 0. The summed E-state index contributed by atoms with van der Waals surface area (Å²) in [6.07, 6.45) is 8.98. The summed E-state index contributed by atoms with van der Waals surface area (Å²) in [5, 5.41) is 12.2. The van der Waals surface area contributed by atoms with E-state index >= 15 is 0 Å². The lowest BCUT2D eigenvalue weighted by atomic mass is 10.1. The lowest BCUT2D eigenvalue weighted by molar-refractivity contribution is 0.279. The molecule has 2 N–H and O–H groups in total. The van der Waals surface area contributed by atoms with Crippen LogP contribution >= 0.6 is 0 Å². The molecule has 1 saturated heterocycles. The number of hydrogen-bond acceptors (Lipinski definition) is 5. The molecule has 2 rings (SSSR count). The molecule has 5 nitrogen and oxygen atoms in total. The van der Waals surface area contributed by atoms with Crippen molar-refractivity contribution in [3.05, 3.63) is 12.4 Å². The van der Waals surface area contributed by atoms with E-state index in [2.05, 4.69) is 27.1 Å². The largest absolute Gasteiger partial charge is 0.396 e. The molecule has 0 spiro atoms. The van der Waals surface area contributed by atoms with Crippen LogP contribution in [-0.4, -0.2) is 40.8 Å². The molecule has 19 heavy (non-hydrogen) atoms. The highest BCUT2D eigenvalue weighted by Gasteiger charge is 2.25. The van der Waals surface area contributed by atoms with Crippen LogP contribution in [0.5, 0.6) is 0 Å². The predicted octanol–water partition coefficient (Wildman–Crippen LogP) is 2.04. The van der Waals surface area contributed by atoms with Gasteiger partial charge in [0.15, 0.2) is 0 Å². The van der Waals surface area contributed by atoms with Gasteiger partial charge in [-0.3, -0.25) is 4.98 Å². The van der Waals surface area contributed by atoms with Gasteiger partial charge in [-0.05, 0) is 32.1 Å². The minimum absolute atomic E-state index is 0.272. The van der Waals surface area contributed by atoms with Crippen LogP contribution in [0.4, 0.5) is 11.6 Å². The highest BCUT2D eigenvalue weighted by molar-refractivity contribution is 5.45. The third-order valence-corrected chi connectivity index (χ3v) is 3.54. The van der Waals surface area contributed by atoms with Crippen LogP contribution in [0.3, 0.4) is 0 Å². The van der Waals surface area contributed by atoms with Crippen molar-refractivity contribution in [1.29, 1.82) is 0 Å². The second-order valence-electron chi connectivity index (χ2n) is 5.04. The molecule has 0 aromatic carbocycles. The zero-order valence-corrected chi connectivity index (χ0v) is 11.7. The molecular weight excluding hydrogens is 240 g/mol. The fraction of sp³-hybridized carbons (Fsp3) is 0.714. The Morgan fingerprint density at radius 1 is 1.47 bits per heavy atom. The van der Waals surface area contributed by atoms with Crippen molar-refractivity contribution in [2.45, 2.75) is 45.1 Å². The van der Waals surface area contributed by atoms with E-state index < -0.39 is 0 Å². The van der Waals surface area contributed by atoms with E-state index in [0.29, 0.717) is 6.04 Å². The van der Waals surface area contributed by atoms with Gasteiger partial charge in [-0.25, -0.2) is 4.98 Å². The van der Waals surface area contributed by atoms with E-state index in [-0.39, 0.29) is 6.61 Å². The SMILES string of the molecule is CCCNc1cncc(N2CCCC2CCCO)n1. The summed E-state index contributed by atoms with van der Waals surface area (Å²) in [4.78, 5) is 11.3. The Morgan fingerprint density at radius 3 is 3.16 bits per heavy atom. The molecule has 1 aliphatic rings. The molecule has 0 saturated carbocycles. The highest BCUT2D eigenvalue weighted by Crippen LogP contribution is 2.26. The zero-order valence-electron chi connectivity index (χ0n) is 11.7. The second-order valence-corrected chi connectivity index (χ2v) is 5.04. The van der Waals surface area contributed by atoms with E-state index in [0.717, 1.165) is 44.0 Å². The second kappa shape index (κ2) is 7.28. The molecule has 2 heterocycles. The van der Waals surface area contributed by atoms with Gasteiger partial charge < -0.3 is 15.3 Å². The van der Waals surface area contributed by atoms with E-state index in [1.807, 2.05) is 6.20 Å². The minimum Gasteiger partial charge on any atom is -0.396 e. The highest BCUT2D eigenvalue weighted by atomic mass is 16.2. The van der Waals surface area contributed by atoms with Gasteiger partial charge in [0.2, 0.25) is 0 Å². The molecule has 1 aromatic rings. The van der Waals surface area contributed by atoms with Crippen LogP contribution in [0.25, 0.3) is 0 Å². The fourth-order valence-electron chi connectivity index (χ4n) is 2.60. The van der Waals surface area contributed by atoms with Crippen LogP contribution < -0.4 is 10.2 Å². The van der Waals surface area contributed by atoms with Crippen molar-refractivity contribution < 1.29 is 5.11 Å². The number of rotatable bonds is 7. The molecule has 0 bridgehead atoms. The number of aliphatic hydroxyl groups is 1. The average molecular weight is 264 g/mol. The van der Waals surface area contributed by atoms with Crippen LogP contribution in [0.2, 0.25) is 0 Å². The molecule has 0 radical (unpaired) electrons. The smallest absolute Gasteiger partial charge is 0.149 e. The topological polar surface area (TPSA) is 61.3 Å². The maximum atomic E-state index is 8.97. The third-order valence-electron chi connectivity index (χ3n) is 3.54. The molecule has 1 fully saturated rings. The van der Waals surface area contributed by atoms with E-state index in [1.165, 1.54) is 12.8 Å². The van der Waals surface area contributed by atoms with Crippen molar-refractivity contribution in [2.75, 3.05) is 29.9 Å². The van der Waals surface area contributed by atoms with Crippen LogP contribution in [0.15, 0.2) is 12.4 Å². The summed E-state index contributed by atoms with van der Waals surface area (Å²) in [6, 6.07) is 0.503. The van der Waals surface area contributed by atoms with Gasteiger partial charge in [-0.15, -0.1) is 0 Å². The number of hydrogen-bond donors (Lipinski definition) is 2. The molecule has 1 aliphatic heterocycles. The summed E-state index contributed by atoms with van der Waals surface area (Å²) in [6.45, 7) is 4.37. The normalized spacial score (nSPS) is 18.8. The molecule has 0 amide bonds. The van der Waals surface area contributed by atoms with Gasteiger partial charge in [0.05, 0.1) is 12.4 Å². The van der Waals surface area contributed by atoms with Crippen LogP contribution in [0.1, 0.15) is 39.0 Å². The quantitative estimate of drug-likeness (QED) is 0.789. The number of nitrogens with zero attached hydrogens (tertiary/aromatic N) is 3. The lowest BCUT2D eigenvalue weighted by Gasteiger charge is -2.25. The fourth-order valence-corrected chi connectivity index (χ4v) is 2.60. The first-order chi connectivity index (χ1) is 9.35. The average Bonchev–Trinajstić information content (AvgIpc) is 2.91. The van der Waals surface area contributed by atoms with Gasteiger partial charge in [0.25, 0.3) is 0 Å². The van der Waals surface area contributed by atoms with E-state index in [4.69, 9.17) is 5.11 Å². The number of aliphatic hydroxyl groups excluding tert-OH is 1. The predicted molar refractivity (Wildman–Crippen MR) is 77.5 cm³/mol. The summed E-state index contributed by atoms with van der Waals surface area (Å²) in [5.74, 6) is 1.81. The number of anilines is 2. The van der Waals surface area contributed by atoms with Crippen molar-refractivity contribution >= 4 is 11.6 Å². The van der Waals surface area contributed by atoms with Gasteiger partial charge in [-0.1, -0.05) is 6.92 Å². The zero-order chi connectivity index (χ0) is 13.5. The maximum absolute atomic E-state index is 8.97. The monoisotopic (exact) mass is 264 g/mol. The molecule has 106 valence electrons. The molecule has 5 heteroatoms. The molecule has 1 unspecified atom stereocenters. The van der Waals surface area contributed by atoms with Crippen molar-refractivity contribution in [1.82, 2.24) is 9.97 Å². The Hall–Kier alpha value is -1.36. The minimum atomic E-state index is 0.272. The third kappa shape index (κ3) is 3.80. The summed E-state index contributed by atoms with van der Waals surface area (Å²) in [7, 11) is 0. The number of aromatic nitrogens is 2. The van der Waals surface area contributed by atoms with E-state index in [1.54, 1.807) is 6.20 Å². The van der Waals surface area contributed by atoms with Crippen molar-refractivity contribution in [3.8, 4) is 0 Å². The van der Waals surface area contributed by atoms with Gasteiger partial charge >= 0.3 is 0 Å². The Balaban J connectivity index is 2.03. The standard InChI is InChI=1S/C14H24N4O/c1-2-7-16-13-10-15-11-14(17-13)18-8-3-5-12(18)6-4-9-19/h10-12,19H,2-9H2,1H3,(H,16,17). The maximum Gasteiger partial charge on any atom is 0.149 e. The first-order valence-electron chi connectivity index (χ1n) is 7.28. The Morgan fingerprint density at radius 2 is 2.37 bits per heavy atom. The van der Waals surface area contributed by atoms with Crippen LogP contribution in [0, 0.1) is 0 Å². The Bertz CT molecular complexity index is 385. The summed E-state index contributed by atoms with van der Waals surface area (Å²) >= 11 is 0. The van der Waals surface area contributed by atoms with E-state index in [9.17, 15) is 0 Å². The molecule has 1 aromatic heterocycles. The Kier molecular flexibility index (Phi) is 5.39. The molecule has 1 atom stereocenters. The van der Waals surface area contributed by atoms with Crippen LogP contribution in [-0.2, 0) is 0 Å². The Labute approximate surface area is 115 Å². The number of nitrogens with one attached hydrogen (secondary N) is 1. The van der Waals surface area contributed by atoms with Crippen molar-refractivity contribution in [3.63, 3.8) is 0 Å². The van der Waals surface area contributed by atoms with Gasteiger partial charge in [0, 0.05) is 25.7 Å². The first-order valence-corrected chi connectivity index (χ1v) is 7.28. The van der Waals surface area contributed by atoms with Gasteiger partial charge in [0.1, 0.15) is 11.6 Å². The summed E-state index contributed by atoms with van der Waals surface area (Å²) in [5.41, 5.74) is 0. The molecular formula is C14H24N4O.